The van der Waals surface area contributed by atoms with Crippen molar-refractivity contribution in [2.75, 3.05) is 36.3 Å². The van der Waals surface area contributed by atoms with Crippen molar-refractivity contribution >= 4 is 55.0 Å². The maximum Gasteiger partial charge on any atom is 0.262 e. The van der Waals surface area contributed by atoms with Gasteiger partial charge in [-0.1, -0.05) is 41.9 Å². The van der Waals surface area contributed by atoms with Gasteiger partial charge in [-0.2, -0.15) is 4.31 Å². The first kappa shape index (κ1) is 26.8. The van der Waals surface area contributed by atoms with Crippen LogP contribution in [0, 0.1) is 0 Å². The fraction of sp³-hybridized carbons (Fsp3) is 0.160. The molecule has 1 aliphatic heterocycles. The van der Waals surface area contributed by atoms with Gasteiger partial charge in [0.2, 0.25) is 15.9 Å². The number of sulfonamides is 2. The van der Waals surface area contributed by atoms with Gasteiger partial charge < -0.3 is 10.1 Å². The van der Waals surface area contributed by atoms with E-state index in [0.29, 0.717) is 31.9 Å². The Bertz CT molecular complexity index is 1520. The number of anilines is 2. The second-order valence-corrected chi connectivity index (χ2v) is 12.0. The molecule has 4 rings (SSSR count). The van der Waals surface area contributed by atoms with Gasteiger partial charge in [-0.25, -0.2) is 16.8 Å². The van der Waals surface area contributed by atoms with E-state index < -0.39 is 26.0 Å². The van der Waals surface area contributed by atoms with Gasteiger partial charge in [0.05, 0.1) is 33.7 Å². The van der Waals surface area contributed by atoms with Crippen LogP contribution in [0.3, 0.4) is 0 Å². The van der Waals surface area contributed by atoms with E-state index >= 15 is 0 Å². The topological polar surface area (TPSA) is 122 Å². The lowest BCUT2D eigenvalue weighted by Crippen LogP contribution is -2.40. The average Bonchev–Trinajstić information content (AvgIpc) is 2.90. The minimum Gasteiger partial charge on any atom is -0.379 e. The number of morpholine rings is 1. The highest BCUT2D eigenvalue weighted by Crippen LogP contribution is 2.25. The number of carbonyl (C=O) groups is 1. The summed E-state index contributed by atoms with van der Waals surface area (Å²) >= 11 is 6.04. The van der Waals surface area contributed by atoms with Crippen molar-refractivity contribution in [1.82, 2.24) is 4.31 Å². The highest BCUT2D eigenvalue weighted by atomic mass is 35.5. The molecular formula is C25H24ClN3O6S2. The van der Waals surface area contributed by atoms with E-state index in [4.69, 9.17) is 16.3 Å². The summed E-state index contributed by atoms with van der Waals surface area (Å²) in [4.78, 5) is 12.5. The fourth-order valence-electron chi connectivity index (χ4n) is 3.53. The molecule has 0 aromatic heterocycles. The predicted octanol–water partition coefficient (Wildman–Crippen LogP) is 3.81. The SMILES string of the molecule is O=C(C=Cc1ccc(S(=O)(=O)N2CCOCC2)cc1)Nc1cccc(S(=O)(=O)Nc2ccccc2Cl)c1. The van der Waals surface area contributed by atoms with Crippen LogP contribution in [-0.2, 0) is 29.6 Å². The summed E-state index contributed by atoms with van der Waals surface area (Å²) in [6.07, 6.45) is 2.80. The van der Waals surface area contributed by atoms with Crippen LogP contribution in [0.15, 0.2) is 88.7 Å². The standard InChI is InChI=1S/C25H24ClN3O6S2/c26-23-6-1-2-7-24(23)28-36(31,32)22-5-3-4-20(18-22)27-25(30)13-10-19-8-11-21(12-9-19)37(33,34)29-14-16-35-17-15-29/h1-13,18,28H,14-17H2,(H,27,30). The summed E-state index contributed by atoms with van der Waals surface area (Å²) in [6, 6.07) is 18.4. The Morgan fingerprint density at radius 3 is 2.30 bits per heavy atom. The third-order valence-corrected chi connectivity index (χ3v) is 9.05. The maximum atomic E-state index is 12.8. The smallest absolute Gasteiger partial charge is 0.262 e. The number of ether oxygens (including phenoxy) is 1. The van der Waals surface area contributed by atoms with Crippen molar-refractivity contribution in [2.24, 2.45) is 0 Å². The molecule has 3 aromatic rings. The zero-order chi connectivity index (χ0) is 26.5. The molecule has 12 heteroatoms. The Morgan fingerprint density at radius 2 is 1.59 bits per heavy atom. The Hall–Kier alpha value is -3.22. The van der Waals surface area contributed by atoms with E-state index in [1.807, 2.05) is 0 Å². The summed E-state index contributed by atoms with van der Waals surface area (Å²) in [5, 5.41) is 2.88. The number of nitrogens with zero attached hydrogens (tertiary/aromatic N) is 1. The van der Waals surface area contributed by atoms with Crippen LogP contribution < -0.4 is 10.0 Å². The minimum absolute atomic E-state index is 0.0498. The summed E-state index contributed by atoms with van der Waals surface area (Å²) in [5.74, 6) is -0.487. The largest absolute Gasteiger partial charge is 0.379 e. The third-order valence-electron chi connectivity index (χ3n) is 5.45. The zero-order valence-electron chi connectivity index (χ0n) is 19.5. The highest BCUT2D eigenvalue weighted by molar-refractivity contribution is 7.92. The third kappa shape index (κ3) is 6.76. The van der Waals surface area contributed by atoms with Gasteiger partial charge >= 0.3 is 0 Å². The lowest BCUT2D eigenvalue weighted by atomic mass is 10.2. The molecule has 0 saturated carbocycles. The molecule has 2 N–H and O–H groups in total. The Balaban J connectivity index is 1.40. The van der Waals surface area contributed by atoms with E-state index in [1.54, 1.807) is 42.5 Å². The number of hydrogen-bond donors (Lipinski definition) is 2. The first-order chi connectivity index (χ1) is 17.6. The molecule has 1 saturated heterocycles. The van der Waals surface area contributed by atoms with Crippen LogP contribution in [0.25, 0.3) is 6.08 Å². The average molecular weight is 562 g/mol. The van der Waals surface area contributed by atoms with Crippen molar-refractivity contribution in [3.05, 3.63) is 89.5 Å². The van der Waals surface area contributed by atoms with E-state index in [0.717, 1.165) is 0 Å². The molecule has 0 bridgehead atoms. The van der Waals surface area contributed by atoms with Gasteiger partial charge in [0.1, 0.15) is 0 Å². The number of rotatable bonds is 8. The van der Waals surface area contributed by atoms with Gasteiger partial charge in [-0.3, -0.25) is 9.52 Å². The van der Waals surface area contributed by atoms with Crippen LogP contribution in [0.2, 0.25) is 5.02 Å². The quantitative estimate of drug-likeness (QED) is 0.403. The number of hydrogen-bond acceptors (Lipinski definition) is 6. The van der Waals surface area contributed by atoms with E-state index in [9.17, 15) is 21.6 Å². The summed E-state index contributed by atoms with van der Waals surface area (Å²) in [7, 11) is -7.54. The van der Waals surface area contributed by atoms with E-state index in [1.165, 1.54) is 46.8 Å². The summed E-state index contributed by atoms with van der Waals surface area (Å²) in [5.41, 5.74) is 1.14. The van der Waals surface area contributed by atoms with Crippen molar-refractivity contribution in [2.45, 2.75) is 9.79 Å². The Labute approximate surface area is 220 Å². The Kier molecular flexibility index (Phi) is 8.30. The summed E-state index contributed by atoms with van der Waals surface area (Å²) < 4.78 is 60.0. The molecular weight excluding hydrogens is 538 g/mol. The van der Waals surface area contributed by atoms with Crippen LogP contribution in [0.5, 0.6) is 0 Å². The van der Waals surface area contributed by atoms with Gasteiger partial charge in [0.25, 0.3) is 10.0 Å². The molecule has 1 heterocycles. The van der Waals surface area contributed by atoms with Crippen molar-refractivity contribution in [1.29, 1.82) is 0 Å². The molecule has 0 atom stereocenters. The first-order valence-corrected chi connectivity index (χ1v) is 14.5. The number of carbonyl (C=O) groups excluding carboxylic acids is 1. The molecule has 9 nitrogen and oxygen atoms in total. The lowest BCUT2D eigenvalue weighted by molar-refractivity contribution is -0.111. The van der Waals surface area contributed by atoms with Gasteiger partial charge in [-0.15, -0.1) is 0 Å². The second kappa shape index (κ2) is 11.4. The number of para-hydroxylation sites is 1. The second-order valence-electron chi connectivity index (χ2n) is 8.02. The Morgan fingerprint density at radius 1 is 0.892 bits per heavy atom. The lowest BCUT2D eigenvalue weighted by Gasteiger charge is -2.26. The maximum absolute atomic E-state index is 12.8. The molecule has 0 spiro atoms. The van der Waals surface area contributed by atoms with Gasteiger partial charge in [0.15, 0.2) is 0 Å². The molecule has 0 aliphatic carbocycles. The van der Waals surface area contributed by atoms with Crippen molar-refractivity contribution < 1.29 is 26.4 Å². The molecule has 3 aromatic carbocycles. The van der Waals surface area contributed by atoms with E-state index in [-0.39, 0.29) is 26.2 Å². The van der Waals surface area contributed by atoms with Crippen LogP contribution in [0.4, 0.5) is 11.4 Å². The molecule has 37 heavy (non-hydrogen) atoms. The van der Waals surface area contributed by atoms with Gasteiger partial charge in [0, 0.05) is 24.9 Å². The highest BCUT2D eigenvalue weighted by Gasteiger charge is 2.26. The van der Waals surface area contributed by atoms with Crippen LogP contribution in [0.1, 0.15) is 5.56 Å². The van der Waals surface area contributed by atoms with Gasteiger partial charge in [-0.05, 0) is 54.1 Å². The molecule has 1 amide bonds. The number of nitrogens with one attached hydrogen (secondary N) is 2. The molecule has 194 valence electrons. The number of amides is 1. The monoisotopic (exact) mass is 561 g/mol. The molecule has 0 radical (unpaired) electrons. The number of halogens is 1. The molecule has 1 aliphatic rings. The van der Waals surface area contributed by atoms with Crippen molar-refractivity contribution in [3.8, 4) is 0 Å². The predicted molar refractivity (Wildman–Crippen MR) is 142 cm³/mol. The fourth-order valence-corrected chi connectivity index (χ4v) is 6.30. The molecule has 0 unspecified atom stereocenters. The summed E-state index contributed by atoms with van der Waals surface area (Å²) in [6.45, 7) is 1.34. The van der Waals surface area contributed by atoms with E-state index in [2.05, 4.69) is 10.0 Å². The van der Waals surface area contributed by atoms with Crippen LogP contribution >= 0.6 is 11.6 Å². The first-order valence-electron chi connectivity index (χ1n) is 11.2. The zero-order valence-corrected chi connectivity index (χ0v) is 21.9. The van der Waals surface area contributed by atoms with Crippen LogP contribution in [-0.4, -0.2) is 53.4 Å². The molecule has 1 fully saturated rings. The number of benzene rings is 3. The van der Waals surface area contributed by atoms with Crippen molar-refractivity contribution in [3.63, 3.8) is 0 Å². The normalized spacial score (nSPS) is 14.9. The minimum atomic E-state index is -3.94.